The highest BCUT2D eigenvalue weighted by Gasteiger charge is 2.23. The molecule has 1 aliphatic carbocycles. The maximum Gasteiger partial charge on any atom is 0.249 e. The Morgan fingerprint density at radius 1 is 1.15 bits per heavy atom. The minimum atomic E-state index is -0.255. The molecule has 5 heteroatoms. The SMILES string of the molecule is O=C(NCCc1nc2ccccc2n1CCC1CCCCC1)C1CCCO1. The van der Waals surface area contributed by atoms with Crippen LogP contribution in [0, 0.1) is 5.92 Å². The van der Waals surface area contributed by atoms with E-state index in [1.165, 1.54) is 44.0 Å². The molecular formula is C22H31N3O2. The maximum absolute atomic E-state index is 12.2. The van der Waals surface area contributed by atoms with Crippen molar-refractivity contribution in [1.29, 1.82) is 0 Å². The van der Waals surface area contributed by atoms with Crippen molar-refractivity contribution >= 4 is 16.9 Å². The third-order valence-corrected chi connectivity index (χ3v) is 6.09. The number of nitrogens with zero attached hydrogens (tertiary/aromatic N) is 2. The number of benzene rings is 1. The highest BCUT2D eigenvalue weighted by Crippen LogP contribution is 2.28. The number of aryl methyl sites for hydroxylation is 1. The van der Waals surface area contributed by atoms with Crippen LogP contribution in [0.1, 0.15) is 57.2 Å². The topological polar surface area (TPSA) is 56.2 Å². The number of hydrogen-bond acceptors (Lipinski definition) is 3. The second-order valence-corrected chi connectivity index (χ2v) is 8.00. The van der Waals surface area contributed by atoms with Crippen LogP contribution in [0.3, 0.4) is 0 Å². The fraction of sp³-hybridized carbons (Fsp3) is 0.636. The highest BCUT2D eigenvalue weighted by molar-refractivity contribution is 5.81. The summed E-state index contributed by atoms with van der Waals surface area (Å²) in [6.07, 6.45) is 10.5. The van der Waals surface area contributed by atoms with Gasteiger partial charge in [-0.1, -0.05) is 44.2 Å². The Morgan fingerprint density at radius 2 is 2.00 bits per heavy atom. The minimum absolute atomic E-state index is 0.0253. The average Bonchev–Trinajstić information content (AvgIpc) is 3.35. The molecule has 1 atom stereocenters. The lowest BCUT2D eigenvalue weighted by Crippen LogP contribution is -2.35. The molecule has 0 radical (unpaired) electrons. The molecule has 146 valence electrons. The Balaban J connectivity index is 1.40. The molecule has 2 fully saturated rings. The second-order valence-electron chi connectivity index (χ2n) is 8.00. The Kier molecular flexibility index (Phi) is 6.07. The van der Waals surface area contributed by atoms with Crippen LogP contribution in [-0.2, 0) is 22.5 Å². The molecular weight excluding hydrogens is 338 g/mol. The number of hydrogen-bond donors (Lipinski definition) is 1. The van der Waals surface area contributed by atoms with Crippen LogP contribution in [0.2, 0.25) is 0 Å². The molecule has 1 aliphatic heterocycles. The molecule has 2 heterocycles. The fourth-order valence-corrected chi connectivity index (χ4v) is 4.55. The second kappa shape index (κ2) is 8.87. The van der Waals surface area contributed by atoms with Crippen molar-refractivity contribution in [3.05, 3.63) is 30.1 Å². The normalized spacial score (nSPS) is 21.0. The zero-order valence-corrected chi connectivity index (χ0v) is 16.2. The first-order valence-electron chi connectivity index (χ1n) is 10.6. The van der Waals surface area contributed by atoms with Gasteiger partial charge in [0, 0.05) is 26.1 Å². The third kappa shape index (κ3) is 4.52. The number of ether oxygens (including phenoxy) is 1. The summed E-state index contributed by atoms with van der Waals surface area (Å²) in [6.45, 7) is 2.35. The molecule has 0 spiro atoms. The number of fused-ring (bicyclic) bond motifs is 1. The molecule has 27 heavy (non-hydrogen) atoms. The lowest BCUT2D eigenvalue weighted by Gasteiger charge is -2.22. The van der Waals surface area contributed by atoms with Crippen molar-refractivity contribution in [3.63, 3.8) is 0 Å². The van der Waals surface area contributed by atoms with Crippen molar-refractivity contribution in [1.82, 2.24) is 14.9 Å². The van der Waals surface area contributed by atoms with Gasteiger partial charge in [-0.2, -0.15) is 0 Å². The number of rotatable bonds is 7. The molecule has 2 aromatic rings. The van der Waals surface area contributed by atoms with Gasteiger partial charge in [-0.3, -0.25) is 4.79 Å². The summed E-state index contributed by atoms with van der Waals surface area (Å²) in [5, 5.41) is 3.03. The van der Waals surface area contributed by atoms with Gasteiger partial charge in [0.05, 0.1) is 11.0 Å². The molecule has 1 aromatic carbocycles. The smallest absolute Gasteiger partial charge is 0.249 e. The largest absolute Gasteiger partial charge is 0.368 e. The number of para-hydroxylation sites is 2. The first-order valence-corrected chi connectivity index (χ1v) is 10.6. The molecule has 4 rings (SSSR count). The molecule has 1 aromatic heterocycles. The predicted molar refractivity (Wildman–Crippen MR) is 107 cm³/mol. The Labute approximate surface area is 161 Å². The molecule has 1 saturated carbocycles. The number of amides is 1. The number of aromatic nitrogens is 2. The Bertz CT molecular complexity index is 758. The zero-order chi connectivity index (χ0) is 18.5. The molecule has 1 N–H and O–H groups in total. The molecule has 0 bridgehead atoms. The van der Waals surface area contributed by atoms with E-state index >= 15 is 0 Å². The fourth-order valence-electron chi connectivity index (χ4n) is 4.55. The number of imidazole rings is 1. The first-order chi connectivity index (χ1) is 13.3. The van der Waals surface area contributed by atoms with Gasteiger partial charge in [0.15, 0.2) is 0 Å². The molecule has 1 saturated heterocycles. The van der Waals surface area contributed by atoms with Crippen molar-refractivity contribution in [2.45, 2.75) is 70.4 Å². The van der Waals surface area contributed by atoms with Crippen LogP contribution < -0.4 is 5.32 Å². The molecule has 1 amide bonds. The van der Waals surface area contributed by atoms with E-state index < -0.39 is 0 Å². The van der Waals surface area contributed by atoms with Gasteiger partial charge < -0.3 is 14.6 Å². The minimum Gasteiger partial charge on any atom is -0.368 e. The van der Waals surface area contributed by atoms with E-state index in [1.54, 1.807) is 0 Å². The number of nitrogens with one attached hydrogen (secondary N) is 1. The maximum atomic E-state index is 12.2. The van der Waals surface area contributed by atoms with E-state index in [0.29, 0.717) is 13.2 Å². The summed E-state index contributed by atoms with van der Waals surface area (Å²) in [4.78, 5) is 17.0. The lowest BCUT2D eigenvalue weighted by atomic mass is 9.87. The van der Waals surface area contributed by atoms with Crippen molar-refractivity contribution in [2.75, 3.05) is 13.2 Å². The number of carbonyl (C=O) groups is 1. The Hall–Kier alpha value is -1.88. The summed E-state index contributed by atoms with van der Waals surface area (Å²) < 4.78 is 7.84. The van der Waals surface area contributed by atoms with E-state index in [1.807, 2.05) is 6.07 Å². The third-order valence-electron chi connectivity index (χ3n) is 6.09. The highest BCUT2D eigenvalue weighted by atomic mass is 16.5. The quantitative estimate of drug-likeness (QED) is 0.807. The zero-order valence-electron chi connectivity index (χ0n) is 16.2. The summed E-state index contributed by atoms with van der Waals surface area (Å²) in [7, 11) is 0. The van der Waals surface area contributed by atoms with E-state index in [0.717, 1.165) is 43.1 Å². The van der Waals surface area contributed by atoms with Crippen LogP contribution in [0.25, 0.3) is 11.0 Å². The summed E-state index contributed by atoms with van der Waals surface area (Å²) in [6, 6.07) is 8.38. The van der Waals surface area contributed by atoms with Crippen LogP contribution in [-0.4, -0.2) is 34.7 Å². The van der Waals surface area contributed by atoms with Gasteiger partial charge in [-0.25, -0.2) is 4.98 Å². The first kappa shape index (κ1) is 18.5. The van der Waals surface area contributed by atoms with Crippen LogP contribution in [0.4, 0.5) is 0 Å². The van der Waals surface area contributed by atoms with Gasteiger partial charge >= 0.3 is 0 Å². The van der Waals surface area contributed by atoms with Gasteiger partial charge in [-0.15, -0.1) is 0 Å². The predicted octanol–water partition coefficient (Wildman–Crippen LogP) is 3.84. The van der Waals surface area contributed by atoms with Gasteiger partial charge in [0.2, 0.25) is 5.91 Å². The monoisotopic (exact) mass is 369 g/mol. The van der Waals surface area contributed by atoms with Crippen LogP contribution in [0.15, 0.2) is 24.3 Å². The average molecular weight is 370 g/mol. The van der Waals surface area contributed by atoms with Crippen LogP contribution >= 0.6 is 0 Å². The number of carbonyl (C=O) groups excluding carboxylic acids is 1. The molecule has 1 unspecified atom stereocenters. The molecule has 2 aliphatic rings. The van der Waals surface area contributed by atoms with E-state index in [2.05, 4.69) is 28.1 Å². The van der Waals surface area contributed by atoms with Gasteiger partial charge in [0.25, 0.3) is 0 Å². The van der Waals surface area contributed by atoms with Crippen molar-refractivity contribution in [3.8, 4) is 0 Å². The van der Waals surface area contributed by atoms with Gasteiger partial charge in [0.1, 0.15) is 11.9 Å². The van der Waals surface area contributed by atoms with Crippen molar-refractivity contribution < 1.29 is 9.53 Å². The van der Waals surface area contributed by atoms with Gasteiger partial charge in [-0.05, 0) is 37.3 Å². The molecule has 5 nitrogen and oxygen atoms in total. The van der Waals surface area contributed by atoms with E-state index in [-0.39, 0.29) is 12.0 Å². The summed E-state index contributed by atoms with van der Waals surface area (Å²) in [5.41, 5.74) is 2.27. The lowest BCUT2D eigenvalue weighted by molar-refractivity contribution is -0.130. The van der Waals surface area contributed by atoms with E-state index in [4.69, 9.17) is 9.72 Å². The van der Waals surface area contributed by atoms with Crippen LogP contribution in [0.5, 0.6) is 0 Å². The van der Waals surface area contributed by atoms with E-state index in [9.17, 15) is 4.79 Å². The summed E-state index contributed by atoms with van der Waals surface area (Å²) >= 11 is 0. The van der Waals surface area contributed by atoms with Crippen molar-refractivity contribution in [2.24, 2.45) is 5.92 Å². The standard InChI is InChI=1S/C22H31N3O2/c26-22(20-11-6-16-27-20)23-14-12-21-24-18-9-4-5-10-19(18)25(21)15-13-17-7-2-1-3-8-17/h4-5,9-10,17,20H,1-3,6-8,11-16H2,(H,23,26). The Morgan fingerprint density at radius 3 is 2.81 bits per heavy atom. The summed E-state index contributed by atoms with van der Waals surface area (Å²) in [5.74, 6) is 1.96.